The Morgan fingerprint density at radius 3 is 2.60 bits per heavy atom. The van der Waals surface area contributed by atoms with Gasteiger partial charge in [0.2, 0.25) is 0 Å². The highest BCUT2D eigenvalue weighted by Gasteiger charge is 2.13. The van der Waals surface area contributed by atoms with Crippen LogP contribution in [0.2, 0.25) is 0 Å². The first-order valence-electron chi connectivity index (χ1n) is 4.18. The minimum atomic E-state index is -0.779. The van der Waals surface area contributed by atoms with Crippen molar-refractivity contribution in [2.75, 3.05) is 5.73 Å². The van der Waals surface area contributed by atoms with Crippen LogP contribution in [0.5, 0.6) is 0 Å². The minimum Gasteiger partial charge on any atom is -0.396 e. The molecule has 1 aromatic heterocycles. The Labute approximate surface area is 84.4 Å². The van der Waals surface area contributed by atoms with Crippen LogP contribution in [-0.2, 0) is 7.05 Å². The summed E-state index contributed by atoms with van der Waals surface area (Å²) in [5.41, 5.74) is 5.36. The lowest BCUT2D eigenvalue weighted by molar-refractivity contribution is 0.586. The molecule has 2 rings (SSSR count). The predicted octanol–water partition coefficient (Wildman–Crippen LogP) is 1.34. The van der Waals surface area contributed by atoms with Gasteiger partial charge in [-0.05, 0) is 6.07 Å². The van der Waals surface area contributed by atoms with E-state index in [1.165, 1.54) is 17.1 Å². The van der Waals surface area contributed by atoms with Crippen LogP contribution < -0.4 is 5.73 Å². The third kappa shape index (κ3) is 1.54. The second-order valence-corrected chi connectivity index (χ2v) is 3.06. The normalized spacial score (nSPS) is 10.6. The van der Waals surface area contributed by atoms with E-state index in [2.05, 4.69) is 10.1 Å². The van der Waals surface area contributed by atoms with Gasteiger partial charge in [0, 0.05) is 13.1 Å². The van der Waals surface area contributed by atoms with Gasteiger partial charge in [-0.3, -0.25) is 0 Å². The van der Waals surface area contributed by atoms with Crippen LogP contribution in [0.4, 0.5) is 14.5 Å². The fraction of sp³-hybridized carbons (Fsp3) is 0.111. The average molecular weight is 210 g/mol. The van der Waals surface area contributed by atoms with Gasteiger partial charge in [0.05, 0.1) is 11.3 Å². The molecule has 0 fully saturated rings. The molecule has 4 nitrogen and oxygen atoms in total. The summed E-state index contributed by atoms with van der Waals surface area (Å²) in [4.78, 5) is 3.85. The van der Waals surface area contributed by atoms with Crippen molar-refractivity contribution in [3.05, 3.63) is 30.1 Å². The summed E-state index contributed by atoms with van der Waals surface area (Å²) in [5.74, 6) is -1.18. The summed E-state index contributed by atoms with van der Waals surface area (Å²) < 4.78 is 27.7. The van der Waals surface area contributed by atoms with E-state index >= 15 is 0 Å². The minimum absolute atomic E-state index is 0.116. The molecule has 1 aromatic carbocycles. The third-order valence-electron chi connectivity index (χ3n) is 2.04. The SMILES string of the molecule is Cn1ncnc1-c1cc(N)c(F)cc1F. The van der Waals surface area contributed by atoms with Crippen molar-refractivity contribution in [3.8, 4) is 11.4 Å². The van der Waals surface area contributed by atoms with Crippen molar-refractivity contribution in [2.24, 2.45) is 7.05 Å². The van der Waals surface area contributed by atoms with Crippen molar-refractivity contribution in [1.29, 1.82) is 0 Å². The van der Waals surface area contributed by atoms with Gasteiger partial charge >= 0.3 is 0 Å². The van der Waals surface area contributed by atoms with Crippen molar-refractivity contribution >= 4 is 5.69 Å². The lowest BCUT2D eigenvalue weighted by atomic mass is 10.1. The zero-order chi connectivity index (χ0) is 11.0. The quantitative estimate of drug-likeness (QED) is 0.722. The van der Waals surface area contributed by atoms with Crippen LogP contribution in [0.25, 0.3) is 11.4 Å². The monoisotopic (exact) mass is 210 g/mol. The molecule has 0 saturated carbocycles. The molecule has 0 aliphatic carbocycles. The van der Waals surface area contributed by atoms with E-state index < -0.39 is 11.6 Å². The van der Waals surface area contributed by atoms with Gasteiger partial charge in [0.1, 0.15) is 18.0 Å². The van der Waals surface area contributed by atoms with Crippen molar-refractivity contribution < 1.29 is 8.78 Å². The summed E-state index contributed by atoms with van der Waals surface area (Å²) in [5, 5.41) is 3.79. The molecule has 0 atom stereocenters. The van der Waals surface area contributed by atoms with Gasteiger partial charge in [-0.1, -0.05) is 0 Å². The van der Waals surface area contributed by atoms with Gasteiger partial charge in [-0.15, -0.1) is 0 Å². The van der Waals surface area contributed by atoms with E-state index in [0.29, 0.717) is 5.82 Å². The number of nitrogen functional groups attached to an aromatic ring is 1. The molecule has 2 aromatic rings. The summed E-state index contributed by atoms with van der Waals surface area (Å²) in [6.07, 6.45) is 1.29. The van der Waals surface area contributed by atoms with Crippen molar-refractivity contribution in [2.45, 2.75) is 0 Å². The number of benzene rings is 1. The average Bonchev–Trinajstić information content (AvgIpc) is 2.58. The number of hydrogen-bond acceptors (Lipinski definition) is 3. The molecule has 2 N–H and O–H groups in total. The lowest BCUT2D eigenvalue weighted by Gasteiger charge is -2.04. The molecule has 0 bridgehead atoms. The summed E-state index contributed by atoms with van der Waals surface area (Å²) >= 11 is 0. The third-order valence-corrected chi connectivity index (χ3v) is 2.04. The maximum absolute atomic E-state index is 13.4. The molecular formula is C9H8F2N4. The highest BCUT2D eigenvalue weighted by Crippen LogP contribution is 2.24. The number of halogens is 2. The molecule has 0 amide bonds. The highest BCUT2D eigenvalue weighted by molar-refractivity contribution is 5.62. The fourth-order valence-corrected chi connectivity index (χ4v) is 1.28. The Kier molecular flexibility index (Phi) is 2.11. The topological polar surface area (TPSA) is 56.7 Å². The molecule has 6 heteroatoms. The van der Waals surface area contributed by atoms with Gasteiger partial charge in [0.15, 0.2) is 5.82 Å². The van der Waals surface area contributed by atoms with Crippen LogP contribution in [0.1, 0.15) is 0 Å². The number of nitrogens with zero attached hydrogens (tertiary/aromatic N) is 3. The van der Waals surface area contributed by atoms with Crippen molar-refractivity contribution in [1.82, 2.24) is 14.8 Å². The van der Waals surface area contributed by atoms with E-state index in [0.717, 1.165) is 6.07 Å². The molecular weight excluding hydrogens is 202 g/mol. The Morgan fingerprint density at radius 2 is 2.00 bits per heavy atom. The van der Waals surface area contributed by atoms with Crippen LogP contribution >= 0.6 is 0 Å². The Balaban J connectivity index is 2.64. The molecule has 0 saturated heterocycles. The fourth-order valence-electron chi connectivity index (χ4n) is 1.28. The second kappa shape index (κ2) is 3.30. The van der Waals surface area contributed by atoms with Crippen LogP contribution in [-0.4, -0.2) is 14.8 Å². The molecule has 0 aliphatic heterocycles. The van der Waals surface area contributed by atoms with Crippen LogP contribution in [0.3, 0.4) is 0 Å². The summed E-state index contributed by atoms with van der Waals surface area (Å²) in [6.45, 7) is 0. The molecule has 1 heterocycles. The smallest absolute Gasteiger partial charge is 0.160 e. The molecule has 0 spiro atoms. The largest absolute Gasteiger partial charge is 0.396 e. The number of hydrogen-bond donors (Lipinski definition) is 1. The number of aromatic nitrogens is 3. The first kappa shape index (κ1) is 9.57. The second-order valence-electron chi connectivity index (χ2n) is 3.06. The number of aryl methyl sites for hydroxylation is 1. The van der Waals surface area contributed by atoms with Crippen molar-refractivity contribution in [3.63, 3.8) is 0 Å². The van der Waals surface area contributed by atoms with Crippen LogP contribution in [0, 0.1) is 11.6 Å². The Hall–Kier alpha value is -1.98. The molecule has 0 radical (unpaired) electrons. The summed E-state index contributed by atoms with van der Waals surface area (Å²) in [7, 11) is 1.61. The van der Waals surface area contributed by atoms with Gasteiger partial charge in [-0.25, -0.2) is 18.4 Å². The maximum atomic E-state index is 13.4. The van der Waals surface area contributed by atoms with Gasteiger partial charge in [0.25, 0.3) is 0 Å². The first-order chi connectivity index (χ1) is 7.09. The van der Waals surface area contributed by atoms with Gasteiger partial charge < -0.3 is 5.73 Å². The number of nitrogens with two attached hydrogens (primary N) is 1. The number of rotatable bonds is 1. The van der Waals surface area contributed by atoms with Crippen LogP contribution in [0.15, 0.2) is 18.5 Å². The zero-order valence-corrected chi connectivity index (χ0v) is 7.91. The van der Waals surface area contributed by atoms with E-state index in [1.54, 1.807) is 7.05 Å². The molecule has 0 unspecified atom stereocenters. The number of anilines is 1. The van der Waals surface area contributed by atoms with E-state index in [9.17, 15) is 8.78 Å². The van der Waals surface area contributed by atoms with Gasteiger partial charge in [-0.2, -0.15) is 5.10 Å². The molecule has 78 valence electrons. The van der Waals surface area contributed by atoms with E-state index in [4.69, 9.17) is 5.73 Å². The van der Waals surface area contributed by atoms with E-state index in [1.807, 2.05) is 0 Å². The highest BCUT2D eigenvalue weighted by atomic mass is 19.1. The Bertz CT molecular complexity index is 507. The zero-order valence-electron chi connectivity index (χ0n) is 7.91. The predicted molar refractivity (Wildman–Crippen MR) is 50.8 cm³/mol. The molecule has 0 aliphatic rings. The van der Waals surface area contributed by atoms with E-state index in [-0.39, 0.29) is 11.3 Å². The standard InChI is InChI=1S/C9H8F2N4/c1-15-9(13-4-14-15)5-2-8(12)7(11)3-6(5)10/h2-4H,12H2,1H3. The summed E-state index contributed by atoms with van der Waals surface area (Å²) in [6, 6.07) is 1.94. The maximum Gasteiger partial charge on any atom is 0.160 e. The lowest BCUT2D eigenvalue weighted by Crippen LogP contribution is -1.99. The Morgan fingerprint density at radius 1 is 1.27 bits per heavy atom. The first-order valence-corrected chi connectivity index (χ1v) is 4.18. The molecule has 15 heavy (non-hydrogen) atoms.